The van der Waals surface area contributed by atoms with Crippen molar-refractivity contribution in [2.45, 2.75) is 57.5 Å². The van der Waals surface area contributed by atoms with E-state index in [0.29, 0.717) is 23.2 Å². The van der Waals surface area contributed by atoms with Crippen LogP contribution in [0.3, 0.4) is 0 Å². The first kappa shape index (κ1) is 22.1. The normalized spacial score (nSPS) is 14.7. The first-order chi connectivity index (χ1) is 15.3. The maximum atomic E-state index is 13.6. The van der Waals surface area contributed by atoms with E-state index in [9.17, 15) is 13.2 Å². The Kier molecular flexibility index (Phi) is 6.35. The molecule has 32 heavy (non-hydrogen) atoms. The number of benzene rings is 2. The second-order valence-corrected chi connectivity index (χ2v) is 8.58. The van der Waals surface area contributed by atoms with Crippen molar-refractivity contribution in [1.29, 1.82) is 0 Å². The molecule has 4 nitrogen and oxygen atoms in total. The molecule has 4 rings (SSSR count). The minimum absolute atomic E-state index is 0.0976. The topological polar surface area (TPSA) is 49.8 Å². The lowest BCUT2D eigenvalue weighted by atomic mass is 9.97. The molecule has 0 radical (unpaired) electrons. The fourth-order valence-electron chi connectivity index (χ4n) is 4.06. The lowest BCUT2D eigenvalue weighted by Gasteiger charge is -2.16. The molecule has 3 aromatic rings. The van der Waals surface area contributed by atoms with Gasteiger partial charge in [-0.25, -0.2) is 4.98 Å². The third-order valence-electron chi connectivity index (χ3n) is 5.93. The average Bonchev–Trinajstić information content (AvgIpc) is 3.29. The van der Waals surface area contributed by atoms with E-state index in [0.717, 1.165) is 6.20 Å². The van der Waals surface area contributed by atoms with Gasteiger partial charge in [0, 0.05) is 17.6 Å². The quantitative estimate of drug-likeness (QED) is 0.411. The van der Waals surface area contributed by atoms with Crippen molar-refractivity contribution in [3.8, 4) is 0 Å². The van der Waals surface area contributed by atoms with Gasteiger partial charge in [-0.05, 0) is 60.1 Å². The first-order valence-corrected chi connectivity index (χ1v) is 11.0. The van der Waals surface area contributed by atoms with E-state index in [2.05, 4.69) is 34.4 Å². The van der Waals surface area contributed by atoms with E-state index in [4.69, 9.17) is 0 Å². The molecule has 1 saturated carbocycles. The summed E-state index contributed by atoms with van der Waals surface area (Å²) in [5.41, 5.74) is 2.77. The van der Waals surface area contributed by atoms with Gasteiger partial charge in [-0.15, -0.1) is 0 Å². The maximum absolute atomic E-state index is 13.6. The lowest BCUT2D eigenvalue weighted by Crippen LogP contribution is -2.12. The molecule has 7 heteroatoms. The molecule has 1 aliphatic rings. The van der Waals surface area contributed by atoms with Crippen LogP contribution in [0.1, 0.15) is 68.1 Å². The summed E-state index contributed by atoms with van der Waals surface area (Å²) in [7, 11) is 0. The molecule has 2 N–H and O–H groups in total. The van der Waals surface area contributed by atoms with Gasteiger partial charge in [0.1, 0.15) is 11.4 Å². The Morgan fingerprint density at radius 3 is 2.06 bits per heavy atom. The van der Waals surface area contributed by atoms with Gasteiger partial charge in [0.05, 0.1) is 0 Å². The highest BCUT2D eigenvalue weighted by molar-refractivity contribution is 5.63. The third kappa shape index (κ3) is 5.21. The summed E-state index contributed by atoms with van der Waals surface area (Å²) in [5.74, 6) is 0.761. The van der Waals surface area contributed by atoms with Crippen LogP contribution in [0.25, 0.3) is 0 Å². The molecule has 168 valence electrons. The molecule has 1 fully saturated rings. The van der Waals surface area contributed by atoms with Crippen LogP contribution < -0.4 is 10.6 Å². The number of nitrogens with zero attached hydrogens (tertiary/aromatic N) is 2. The minimum atomic E-state index is -4.57. The summed E-state index contributed by atoms with van der Waals surface area (Å²) in [6.07, 6.45) is 1.05. The predicted molar refractivity (Wildman–Crippen MR) is 122 cm³/mol. The number of alkyl halides is 3. The van der Waals surface area contributed by atoms with Crippen LogP contribution in [0.15, 0.2) is 54.7 Å². The Balaban J connectivity index is 1.56. The number of nitrogens with one attached hydrogen (secondary N) is 2. The Hall–Kier alpha value is -3.09. The zero-order valence-electron chi connectivity index (χ0n) is 18.2. The molecule has 1 aliphatic carbocycles. The average molecular weight is 441 g/mol. The molecular formula is C25H27F3N4. The summed E-state index contributed by atoms with van der Waals surface area (Å²) in [5, 5.41) is 5.83. The van der Waals surface area contributed by atoms with Gasteiger partial charge in [-0.2, -0.15) is 18.2 Å². The van der Waals surface area contributed by atoms with Gasteiger partial charge >= 0.3 is 6.18 Å². The van der Waals surface area contributed by atoms with E-state index in [-0.39, 0.29) is 11.8 Å². The van der Waals surface area contributed by atoms with Crippen molar-refractivity contribution < 1.29 is 13.2 Å². The molecule has 1 heterocycles. The number of rotatable bonds is 6. The number of aromatic nitrogens is 2. The minimum Gasteiger partial charge on any atom is -0.340 e. The second-order valence-electron chi connectivity index (χ2n) is 8.58. The van der Waals surface area contributed by atoms with Gasteiger partial charge in [0.15, 0.2) is 0 Å². The van der Waals surface area contributed by atoms with Crippen LogP contribution in [-0.4, -0.2) is 9.97 Å². The van der Waals surface area contributed by atoms with E-state index in [1.807, 2.05) is 48.5 Å². The largest absolute Gasteiger partial charge is 0.421 e. The molecule has 0 aliphatic heterocycles. The van der Waals surface area contributed by atoms with Crippen molar-refractivity contribution in [2.75, 3.05) is 10.6 Å². The summed E-state index contributed by atoms with van der Waals surface area (Å²) < 4.78 is 40.7. The van der Waals surface area contributed by atoms with Gasteiger partial charge < -0.3 is 10.6 Å². The molecule has 0 amide bonds. The summed E-state index contributed by atoms with van der Waals surface area (Å²) in [4.78, 5) is 8.02. The number of halogens is 3. The summed E-state index contributed by atoms with van der Waals surface area (Å²) in [6.45, 7) is 4.19. The Morgan fingerprint density at radius 2 is 1.47 bits per heavy atom. The molecule has 0 saturated heterocycles. The Bertz CT molecular complexity index is 1040. The van der Waals surface area contributed by atoms with E-state index >= 15 is 0 Å². The molecule has 1 aromatic heterocycles. The van der Waals surface area contributed by atoms with Crippen molar-refractivity contribution >= 4 is 23.1 Å². The van der Waals surface area contributed by atoms with E-state index in [1.54, 1.807) is 0 Å². The van der Waals surface area contributed by atoms with E-state index in [1.165, 1.54) is 36.8 Å². The molecule has 0 bridgehead atoms. The SMILES string of the molecule is CC(C)c1ccc(Nc2ncc(C(F)(F)F)c(Nc3ccc(C4CCCC4)cc3)n2)cc1. The highest BCUT2D eigenvalue weighted by Crippen LogP contribution is 2.37. The predicted octanol–water partition coefficient (Wildman–Crippen LogP) is 7.76. The molecule has 2 aromatic carbocycles. The number of anilines is 4. The van der Waals surface area contributed by atoms with Gasteiger partial charge in [-0.3, -0.25) is 0 Å². The van der Waals surface area contributed by atoms with Gasteiger partial charge in [-0.1, -0.05) is 51.0 Å². The molecular weight excluding hydrogens is 413 g/mol. The van der Waals surface area contributed by atoms with Crippen LogP contribution >= 0.6 is 0 Å². The molecule has 0 atom stereocenters. The van der Waals surface area contributed by atoms with Crippen LogP contribution in [0, 0.1) is 0 Å². The highest BCUT2D eigenvalue weighted by atomic mass is 19.4. The van der Waals surface area contributed by atoms with Crippen LogP contribution in [0.5, 0.6) is 0 Å². The first-order valence-electron chi connectivity index (χ1n) is 11.0. The van der Waals surface area contributed by atoms with E-state index < -0.39 is 11.7 Å². The van der Waals surface area contributed by atoms with Crippen LogP contribution in [0.2, 0.25) is 0 Å². The number of hydrogen-bond acceptors (Lipinski definition) is 4. The van der Waals surface area contributed by atoms with Crippen molar-refractivity contribution in [1.82, 2.24) is 9.97 Å². The fraction of sp³-hybridized carbons (Fsp3) is 0.360. The van der Waals surface area contributed by atoms with Crippen LogP contribution in [0.4, 0.5) is 36.3 Å². The molecule has 0 spiro atoms. The molecule has 0 unspecified atom stereocenters. The second kappa shape index (κ2) is 9.18. The van der Waals surface area contributed by atoms with Crippen molar-refractivity contribution in [3.63, 3.8) is 0 Å². The third-order valence-corrected chi connectivity index (χ3v) is 5.93. The van der Waals surface area contributed by atoms with Crippen LogP contribution in [-0.2, 0) is 6.18 Å². The van der Waals surface area contributed by atoms with Gasteiger partial charge in [0.2, 0.25) is 5.95 Å². The summed E-state index contributed by atoms with van der Waals surface area (Å²) in [6, 6.07) is 15.3. The fourth-order valence-corrected chi connectivity index (χ4v) is 4.06. The van der Waals surface area contributed by atoms with Gasteiger partial charge in [0.25, 0.3) is 0 Å². The van der Waals surface area contributed by atoms with Crippen molar-refractivity contribution in [3.05, 3.63) is 71.4 Å². The van der Waals surface area contributed by atoms with Crippen molar-refractivity contribution in [2.24, 2.45) is 0 Å². The zero-order chi connectivity index (χ0) is 22.7. The highest BCUT2D eigenvalue weighted by Gasteiger charge is 2.35. The Labute approximate surface area is 186 Å². The maximum Gasteiger partial charge on any atom is 0.421 e. The monoisotopic (exact) mass is 440 g/mol. The smallest absolute Gasteiger partial charge is 0.340 e. The lowest BCUT2D eigenvalue weighted by molar-refractivity contribution is -0.137. The summed E-state index contributed by atoms with van der Waals surface area (Å²) >= 11 is 0. The zero-order valence-corrected chi connectivity index (χ0v) is 18.2. The number of hydrogen-bond donors (Lipinski definition) is 2. The Morgan fingerprint density at radius 1 is 0.875 bits per heavy atom. The standard InChI is InChI=1S/C25H27F3N4/c1-16(2)17-7-11-21(12-8-17)31-24-29-15-22(25(26,27)28)23(32-24)30-20-13-9-19(10-14-20)18-5-3-4-6-18/h7-16,18H,3-6H2,1-2H3,(H2,29,30,31,32).